The topological polar surface area (TPSA) is 63.0 Å². The van der Waals surface area contributed by atoms with Crippen LogP contribution in [0.2, 0.25) is 0 Å². The molecule has 104 valence electrons. The van der Waals surface area contributed by atoms with Crippen LogP contribution in [0.5, 0.6) is 0 Å². The number of hydrogen-bond acceptors (Lipinski definition) is 4. The zero-order chi connectivity index (χ0) is 13.1. The third-order valence-corrected chi connectivity index (χ3v) is 4.13. The number of aromatic nitrogens is 2. The Morgan fingerprint density at radius 1 is 1.37 bits per heavy atom. The standard InChI is InChI=1S/C13H18N3OS.ClH/c1-9-3-4-11(13(14)15-9)7-16-8-18-12(5-6-17)10(16)2;/h3-4,8,17H,5-7H2,1-2H3,(H2,14,15);1H/q+1;/p-1. The van der Waals surface area contributed by atoms with E-state index in [9.17, 15) is 0 Å². The van der Waals surface area contributed by atoms with Gasteiger partial charge >= 0.3 is 0 Å². The maximum atomic E-state index is 8.99. The van der Waals surface area contributed by atoms with E-state index in [4.69, 9.17) is 10.8 Å². The summed E-state index contributed by atoms with van der Waals surface area (Å²) in [6.07, 6.45) is 0.713. The fourth-order valence-electron chi connectivity index (χ4n) is 1.87. The number of pyridine rings is 1. The van der Waals surface area contributed by atoms with Crippen LogP contribution in [0.1, 0.15) is 21.8 Å². The first-order valence-electron chi connectivity index (χ1n) is 5.91. The van der Waals surface area contributed by atoms with Crippen molar-refractivity contribution >= 4 is 17.2 Å². The van der Waals surface area contributed by atoms with Crippen molar-refractivity contribution in [3.63, 3.8) is 0 Å². The maximum Gasteiger partial charge on any atom is 0.225 e. The molecular formula is C13H18ClN3OS. The van der Waals surface area contributed by atoms with Crippen LogP contribution < -0.4 is 22.7 Å². The van der Waals surface area contributed by atoms with Crippen LogP contribution in [0.25, 0.3) is 0 Å². The highest BCUT2D eigenvalue weighted by molar-refractivity contribution is 7.09. The van der Waals surface area contributed by atoms with E-state index >= 15 is 0 Å². The lowest BCUT2D eigenvalue weighted by atomic mass is 10.2. The van der Waals surface area contributed by atoms with Gasteiger partial charge in [0.15, 0.2) is 12.2 Å². The van der Waals surface area contributed by atoms with Crippen molar-refractivity contribution < 1.29 is 22.1 Å². The lowest BCUT2D eigenvalue weighted by molar-refractivity contribution is -0.689. The van der Waals surface area contributed by atoms with E-state index < -0.39 is 0 Å². The van der Waals surface area contributed by atoms with E-state index in [2.05, 4.69) is 22.0 Å². The van der Waals surface area contributed by atoms with Gasteiger partial charge in [0.2, 0.25) is 5.51 Å². The van der Waals surface area contributed by atoms with E-state index in [1.165, 1.54) is 10.6 Å². The molecule has 0 radical (unpaired) electrons. The Balaban J connectivity index is 0.00000180. The zero-order valence-electron chi connectivity index (χ0n) is 11.1. The van der Waals surface area contributed by atoms with Crippen LogP contribution in [0.4, 0.5) is 5.82 Å². The third kappa shape index (κ3) is 3.65. The number of aliphatic hydroxyl groups excluding tert-OH is 1. The van der Waals surface area contributed by atoms with Crippen molar-refractivity contribution in [1.82, 2.24) is 4.98 Å². The number of hydrogen-bond donors (Lipinski definition) is 2. The number of anilines is 1. The largest absolute Gasteiger partial charge is 1.00 e. The molecule has 0 saturated carbocycles. The van der Waals surface area contributed by atoms with Crippen LogP contribution in [0.3, 0.4) is 0 Å². The number of thiazole rings is 1. The normalized spacial score (nSPS) is 10.3. The number of nitrogens with two attached hydrogens (primary N) is 1. The van der Waals surface area contributed by atoms with Gasteiger partial charge in [0.1, 0.15) is 5.82 Å². The van der Waals surface area contributed by atoms with Gasteiger partial charge in [0.25, 0.3) is 0 Å². The van der Waals surface area contributed by atoms with Crippen LogP contribution in [0, 0.1) is 13.8 Å². The minimum Gasteiger partial charge on any atom is -1.00 e. The average Bonchev–Trinajstić information content (AvgIpc) is 2.66. The van der Waals surface area contributed by atoms with Crippen molar-refractivity contribution in [2.45, 2.75) is 26.8 Å². The van der Waals surface area contributed by atoms with Gasteiger partial charge in [-0.25, -0.2) is 4.98 Å². The Morgan fingerprint density at radius 3 is 2.74 bits per heavy atom. The molecule has 0 aliphatic rings. The molecule has 0 fully saturated rings. The molecule has 19 heavy (non-hydrogen) atoms. The van der Waals surface area contributed by atoms with Gasteiger partial charge in [0.05, 0.1) is 10.4 Å². The molecule has 0 unspecified atom stereocenters. The van der Waals surface area contributed by atoms with Gasteiger partial charge in [-0.2, -0.15) is 4.57 Å². The molecule has 0 spiro atoms. The molecule has 4 nitrogen and oxygen atoms in total. The highest BCUT2D eigenvalue weighted by atomic mass is 35.5. The van der Waals surface area contributed by atoms with E-state index in [1.807, 2.05) is 19.1 Å². The highest BCUT2D eigenvalue weighted by Gasteiger charge is 2.16. The number of rotatable bonds is 4. The summed E-state index contributed by atoms with van der Waals surface area (Å²) in [4.78, 5) is 5.49. The van der Waals surface area contributed by atoms with Gasteiger partial charge < -0.3 is 23.2 Å². The molecular weight excluding hydrogens is 282 g/mol. The van der Waals surface area contributed by atoms with Crippen molar-refractivity contribution in [2.75, 3.05) is 12.3 Å². The predicted octanol–water partition coefficient (Wildman–Crippen LogP) is -1.78. The first kappa shape index (κ1) is 15.9. The number of halogens is 1. The third-order valence-electron chi connectivity index (χ3n) is 2.99. The van der Waals surface area contributed by atoms with Gasteiger partial charge in [-0.05, 0) is 19.1 Å². The van der Waals surface area contributed by atoms with Crippen molar-refractivity contribution in [3.8, 4) is 0 Å². The molecule has 0 aliphatic heterocycles. The fourth-order valence-corrected chi connectivity index (χ4v) is 2.86. The summed E-state index contributed by atoms with van der Waals surface area (Å²) < 4.78 is 2.15. The highest BCUT2D eigenvalue weighted by Crippen LogP contribution is 2.14. The molecule has 0 aliphatic carbocycles. The summed E-state index contributed by atoms with van der Waals surface area (Å²) >= 11 is 1.67. The molecule has 0 amide bonds. The smallest absolute Gasteiger partial charge is 0.225 e. The lowest BCUT2D eigenvalue weighted by Gasteiger charge is -2.02. The van der Waals surface area contributed by atoms with E-state index in [1.54, 1.807) is 11.3 Å². The van der Waals surface area contributed by atoms with E-state index in [0.717, 1.165) is 17.8 Å². The summed E-state index contributed by atoms with van der Waals surface area (Å²) in [6, 6.07) is 4.00. The van der Waals surface area contributed by atoms with Crippen LogP contribution in [-0.2, 0) is 13.0 Å². The van der Waals surface area contributed by atoms with Gasteiger partial charge in [0, 0.05) is 25.6 Å². The van der Waals surface area contributed by atoms with Gasteiger partial charge in [-0.15, -0.1) is 0 Å². The Kier molecular flexibility index (Phi) is 5.72. The zero-order valence-corrected chi connectivity index (χ0v) is 12.6. The van der Waals surface area contributed by atoms with E-state index in [0.29, 0.717) is 12.2 Å². The van der Waals surface area contributed by atoms with E-state index in [-0.39, 0.29) is 19.0 Å². The first-order chi connectivity index (χ1) is 8.61. The number of nitrogen functional groups attached to an aromatic ring is 1. The summed E-state index contributed by atoms with van der Waals surface area (Å²) in [5.74, 6) is 0.594. The summed E-state index contributed by atoms with van der Waals surface area (Å²) in [7, 11) is 0. The fraction of sp³-hybridized carbons (Fsp3) is 0.385. The number of nitrogens with zero attached hydrogens (tertiary/aromatic N) is 2. The molecule has 0 aromatic carbocycles. The Morgan fingerprint density at radius 2 is 2.11 bits per heavy atom. The summed E-state index contributed by atoms with van der Waals surface area (Å²) in [5, 5.41) is 8.99. The monoisotopic (exact) mass is 299 g/mol. The maximum absolute atomic E-state index is 8.99. The molecule has 0 bridgehead atoms. The van der Waals surface area contributed by atoms with Crippen LogP contribution >= 0.6 is 11.3 Å². The molecule has 3 N–H and O–H groups in total. The number of aryl methyl sites for hydroxylation is 1. The number of aliphatic hydroxyl groups is 1. The quantitative estimate of drug-likeness (QED) is 0.656. The van der Waals surface area contributed by atoms with Gasteiger partial charge in [-0.1, -0.05) is 11.3 Å². The Bertz CT molecular complexity index is 557. The second-order valence-electron chi connectivity index (χ2n) is 4.33. The minimum atomic E-state index is 0. The lowest BCUT2D eigenvalue weighted by Crippen LogP contribution is -3.00. The van der Waals surface area contributed by atoms with Gasteiger partial charge in [-0.3, -0.25) is 0 Å². The molecule has 2 rings (SSSR count). The van der Waals surface area contributed by atoms with Crippen molar-refractivity contribution in [3.05, 3.63) is 39.5 Å². The van der Waals surface area contributed by atoms with Crippen LogP contribution in [0.15, 0.2) is 17.6 Å². The van der Waals surface area contributed by atoms with Crippen LogP contribution in [-0.4, -0.2) is 16.7 Å². The molecule has 2 heterocycles. The average molecular weight is 300 g/mol. The summed E-state index contributed by atoms with van der Waals surface area (Å²) in [6.45, 7) is 4.92. The van der Waals surface area contributed by atoms with Crippen molar-refractivity contribution in [2.24, 2.45) is 0 Å². The molecule has 2 aromatic rings. The Hall–Kier alpha value is -1.17. The minimum absolute atomic E-state index is 0. The second-order valence-corrected chi connectivity index (χ2v) is 5.27. The molecule has 6 heteroatoms. The van der Waals surface area contributed by atoms with Crippen molar-refractivity contribution in [1.29, 1.82) is 0 Å². The Labute approximate surface area is 123 Å². The molecule has 0 saturated heterocycles. The predicted molar refractivity (Wildman–Crippen MR) is 72.5 cm³/mol. The molecule has 0 atom stereocenters. The first-order valence-corrected chi connectivity index (χ1v) is 6.79. The second kappa shape index (κ2) is 6.84. The molecule has 2 aromatic heterocycles. The summed E-state index contributed by atoms with van der Waals surface area (Å²) in [5.41, 5.74) is 11.1. The SMILES string of the molecule is Cc1ccc(C[n+]2csc(CCO)c2C)c(N)n1.[Cl-].